The fraction of sp³-hybridized carbons (Fsp3) is 0.381. The lowest BCUT2D eigenvalue weighted by molar-refractivity contribution is -0.147. The quantitative estimate of drug-likeness (QED) is 0.522. The van der Waals surface area contributed by atoms with Crippen molar-refractivity contribution in [2.24, 2.45) is 0 Å². The van der Waals surface area contributed by atoms with Gasteiger partial charge in [0.2, 0.25) is 0 Å². The molecule has 0 saturated carbocycles. The second-order valence-electron chi connectivity index (χ2n) is 6.45. The summed E-state index contributed by atoms with van der Waals surface area (Å²) in [5.41, 5.74) is 2.04. The van der Waals surface area contributed by atoms with Crippen molar-refractivity contribution in [3.05, 3.63) is 71.8 Å². The minimum Gasteiger partial charge on any atom is -0.465 e. The molecule has 1 fully saturated rings. The summed E-state index contributed by atoms with van der Waals surface area (Å²) in [4.78, 5) is 14.9. The Morgan fingerprint density at radius 1 is 1.16 bits per heavy atom. The van der Waals surface area contributed by atoms with Crippen LogP contribution in [0.3, 0.4) is 0 Å². The zero-order valence-electron chi connectivity index (χ0n) is 14.9. The maximum atomic E-state index is 12.6. The van der Waals surface area contributed by atoms with Crippen LogP contribution < -0.4 is 0 Å². The van der Waals surface area contributed by atoms with Gasteiger partial charge >= 0.3 is 5.97 Å². The van der Waals surface area contributed by atoms with Gasteiger partial charge in [-0.3, -0.25) is 4.90 Å². The molecular weight excluding hydrogens is 330 g/mol. The van der Waals surface area contributed by atoms with Crippen LogP contribution in [0.5, 0.6) is 0 Å². The van der Waals surface area contributed by atoms with Gasteiger partial charge in [0.15, 0.2) is 0 Å². The van der Waals surface area contributed by atoms with Crippen LogP contribution in [0.2, 0.25) is 0 Å². The molecule has 0 radical (unpaired) electrons. The summed E-state index contributed by atoms with van der Waals surface area (Å²) in [5.74, 6) is 1.59. The van der Waals surface area contributed by atoms with Crippen LogP contribution in [0.15, 0.2) is 60.7 Å². The zero-order chi connectivity index (χ0) is 17.7. The number of hydrogen-bond acceptors (Lipinski definition) is 4. The first kappa shape index (κ1) is 18.0. The summed E-state index contributed by atoms with van der Waals surface area (Å²) in [5, 5.41) is 0. The molecule has 1 aliphatic rings. The lowest BCUT2D eigenvalue weighted by atomic mass is 10.1. The van der Waals surface area contributed by atoms with E-state index in [9.17, 15) is 4.79 Å². The van der Waals surface area contributed by atoms with Crippen LogP contribution in [0.1, 0.15) is 31.0 Å². The summed E-state index contributed by atoms with van der Waals surface area (Å²) in [6, 6.07) is 21.0. The van der Waals surface area contributed by atoms with Crippen molar-refractivity contribution >= 4 is 17.7 Å². The Hall–Kier alpha value is -1.78. The van der Waals surface area contributed by atoms with E-state index in [4.69, 9.17) is 4.74 Å². The van der Waals surface area contributed by atoms with Gasteiger partial charge in [-0.15, -0.1) is 0 Å². The summed E-state index contributed by atoms with van der Waals surface area (Å²) >= 11 is 1.80. The Labute approximate surface area is 154 Å². The number of carbonyl (C=O) groups is 1. The predicted molar refractivity (Wildman–Crippen MR) is 104 cm³/mol. The maximum absolute atomic E-state index is 12.6. The molecule has 1 heterocycles. The van der Waals surface area contributed by atoms with Gasteiger partial charge in [-0.05, 0) is 25.0 Å². The minimum absolute atomic E-state index is 0.0849. The molecule has 3 atom stereocenters. The number of nitrogens with zero attached hydrogens (tertiary/aromatic N) is 1. The Balaban J connectivity index is 1.67. The lowest BCUT2D eigenvalue weighted by Gasteiger charge is -2.21. The van der Waals surface area contributed by atoms with Crippen molar-refractivity contribution in [2.75, 3.05) is 18.9 Å². The molecule has 3 unspecified atom stereocenters. The molecule has 1 aliphatic heterocycles. The van der Waals surface area contributed by atoms with E-state index in [-0.39, 0.29) is 12.0 Å². The molecule has 0 aromatic heterocycles. The SMILES string of the molecule is CCOC(=O)C1(CSCc2ccccc2)CN1C(C)c1ccccc1. The van der Waals surface area contributed by atoms with E-state index in [1.165, 1.54) is 11.1 Å². The third-order valence-corrected chi connectivity index (χ3v) is 5.95. The largest absolute Gasteiger partial charge is 0.465 e. The van der Waals surface area contributed by atoms with Crippen molar-refractivity contribution in [2.45, 2.75) is 31.2 Å². The van der Waals surface area contributed by atoms with Gasteiger partial charge in [0.25, 0.3) is 0 Å². The van der Waals surface area contributed by atoms with Gasteiger partial charge in [0, 0.05) is 24.1 Å². The van der Waals surface area contributed by atoms with Crippen LogP contribution in [-0.4, -0.2) is 35.3 Å². The Morgan fingerprint density at radius 3 is 2.44 bits per heavy atom. The summed E-state index contributed by atoms with van der Waals surface area (Å²) in [6.45, 7) is 5.23. The van der Waals surface area contributed by atoms with Gasteiger partial charge in [0.05, 0.1) is 6.61 Å². The Bertz CT molecular complexity index is 692. The van der Waals surface area contributed by atoms with Crippen molar-refractivity contribution in [3.63, 3.8) is 0 Å². The maximum Gasteiger partial charge on any atom is 0.328 e. The number of ether oxygens (including phenoxy) is 1. The summed E-state index contributed by atoms with van der Waals surface area (Å²) < 4.78 is 5.39. The van der Waals surface area contributed by atoms with Crippen molar-refractivity contribution < 1.29 is 9.53 Å². The van der Waals surface area contributed by atoms with Gasteiger partial charge in [-0.2, -0.15) is 11.8 Å². The monoisotopic (exact) mass is 355 g/mol. The smallest absolute Gasteiger partial charge is 0.328 e. The molecular formula is C21H25NO2S. The number of benzene rings is 2. The molecule has 0 bridgehead atoms. The van der Waals surface area contributed by atoms with Crippen LogP contribution in [0.25, 0.3) is 0 Å². The van der Waals surface area contributed by atoms with Crippen molar-refractivity contribution in [1.29, 1.82) is 0 Å². The molecule has 3 rings (SSSR count). The van der Waals surface area contributed by atoms with Crippen LogP contribution in [0, 0.1) is 0 Å². The minimum atomic E-state index is -0.481. The second kappa shape index (κ2) is 8.07. The number of thioether (sulfide) groups is 1. The first-order chi connectivity index (χ1) is 12.2. The fourth-order valence-corrected chi connectivity index (χ4v) is 4.46. The van der Waals surface area contributed by atoms with Gasteiger partial charge < -0.3 is 4.74 Å². The molecule has 3 nitrogen and oxygen atoms in total. The molecule has 0 spiro atoms. The molecule has 2 aromatic rings. The molecule has 4 heteroatoms. The van der Waals surface area contributed by atoms with Crippen LogP contribution in [0.4, 0.5) is 0 Å². The van der Waals surface area contributed by atoms with E-state index in [1.54, 1.807) is 11.8 Å². The molecule has 0 aliphatic carbocycles. The third kappa shape index (κ3) is 4.07. The van der Waals surface area contributed by atoms with Crippen LogP contribution >= 0.6 is 11.8 Å². The van der Waals surface area contributed by atoms with E-state index in [2.05, 4.69) is 48.2 Å². The topological polar surface area (TPSA) is 29.3 Å². The van der Waals surface area contributed by atoms with Crippen molar-refractivity contribution in [1.82, 2.24) is 4.90 Å². The van der Waals surface area contributed by atoms with Gasteiger partial charge in [-0.1, -0.05) is 60.7 Å². The average Bonchev–Trinajstić information content (AvgIpc) is 3.39. The first-order valence-corrected chi connectivity index (χ1v) is 9.93. The zero-order valence-corrected chi connectivity index (χ0v) is 15.7. The number of carbonyl (C=O) groups excluding carboxylic acids is 1. The first-order valence-electron chi connectivity index (χ1n) is 8.78. The number of esters is 1. The van der Waals surface area contributed by atoms with Gasteiger partial charge in [-0.25, -0.2) is 4.79 Å². The number of hydrogen-bond donors (Lipinski definition) is 0. The summed E-state index contributed by atoms with van der Waals surface area (Å²) in [7, 11) is 0. The molecule has 0 N–H and O–H groups in total. The van der Waals surface area contributed by atoms with Crippen LogP contribution in [-0.2, 0) is 15.3 Å². The van der Waals surface area contributed by atoms with E-state index in [0.717, 1.165) is 18.1 Å². The predicted octanol–water partition coefficient (Wildman–Crippen LogP) is 4.30. The highest BCUT2D eigenvalue weighted by atomic mass is 32.2. The molecule has 1 saturated heterocycles. The van der Waals surface area contributed by atoms with Gasteiger partial charge in [0.1, 0.15) is 5.54 Å². The van der Waals surface area contributed by atoms with Crippen molar-refractivity contribution in [3.8, 4) is 0 Å². The third-order valence-electron chi connectivity index (χ3n) is 4.74. The van der Waals surface area contributed by atoms with E-state index in [1.807, 2.05) is 31.2 Å². The number of rotatable bonds is 8. The second-order valence-corrected chi connectivity index (χ2v) is 7.43. The highest BCUT2D eigenvalue weighted by Crippen LogP contribution is 2.44. The standard InChI is InChI=1S/C21H25NO2S/c1-3-24-20(23)21(16-25-14-18-10-6-4-7-11-18)15-22(21)17(2)19-12-8-5-9-13-19/h4-13,17H,3,14-16H2,1-2H3. The Kier molecular flexibility index (Phi) is 5.82. The molecule has 2 aromatic carbocycles. The highest BCUT2D eigenvalue weighted by molar-refractivity contribution is 7.98. The molecule has 132 valence electrons. The molecule has 0 amide bonds. The van der Waals surface area contributed by atoms with E-state index >= 15 is 0 Å². The Morgan fingerprint density at radius 2 is 1.80 bits per heavy atom. The fourth-order valence-electron chi connectivity index (χ4n) is 3.21. The van der Waals surface area contributed by atoms with E-state index < -0.39 is 5.54 Å². The lowest BCUT2D eigenvalue weighted by Crippen LogP contribution is -2.35. The van der Waals surface area contributed by atoms with E-state index in [0.29, 0.717) is 6.61 Å². The molecule has 25 heavy (non-hydrogen) atoms. The average molecular weight is 356 g/mol. The summed E-state index contributed by atoms with van der Waals surface area (Å²) in [6.07, 6.45) is 0. The normalized spacial score (nSPS) is 23.0. The highest BCUT2D eigenvalue weighted by Gasteiger charge is 2.61.